The minimum Gasteiger partial charge on any atom is -0.549 e. The summed E-state index contributed by atoms with van der Waals surface area (Å²) in [5.41, 5.74) is 10.4. The zero-order valence-corrected chi connectivity index (χ0v) is 20.3. The first-order chi connectivity index (χ1) is 17.7. The number of thioether (sulfide) groups is 1. The molecule has 5 rings (SSSR count). The first kappa shape index (κ1) is 24.3. The summed E-state index contributed by atoms with van der Waals surface area (Å²) < 4.78 is 6.43. The van der Waals surface area contributed by atoms with Crippen molar-refractivity contribution in [2.75, 3.05) is 30.9 Å². The standard InChI is InChI=1S/C22H22N8O6S/c1-35-27-14(16-26-21(24)36-28-16)17(31)25-15-18(32)30-9-22(20(33)34,10-37-19(15)30)8-29-6-5-12-11(7-29)3-2-4-13(12)23/h2-7,15,19H,8-10,23H2,1H3,(H3-,24,25,26,28,31,33,34)/t15?,19-,22?/m1/s1. The molecule has 0 saturated carbocycles. The van der Waals surface area contributed by atoms with Crippen LogP contribution in [0.25, 0.3) is 10.8 Å². The van der Waals surface area contributed by atoms with Gasteiger partial charge < -0.3 is 40.9 Å². The molecule has 37 heavy (non-hydrogen) atoms. The molecule has 2 fully saturated rings. The Balaban J connectivity index is 1.31. The number of pyridine rings is 1. The molecular weight excluding hydrogens is 504 g/mol. The molecule has 192 valence electrons. The molecule has 3 atom stereocenters. The highest BCUT2D eigenvalue weighted by Gasteiger charge is 2.57. The molecule has 0 bridgehead atoms. The summed E-state index contributed by atoms with van der Waals surface area (Å²) in [6.07, 6.45) is 3.57. The van der Waals surface area contributed by atoms with Gasteiger partial charge in [-0.1, -0.05) is 16.4 Å². The SMILES string of the molecule is CON=C(C(=O)NC1C(=O)N2CC(C[n+]3ccc4c(N)cccc4c3)(C(=O)[O-])CS[C@H]12)c1noc(N)n1. The van der Waals surface area contributed by atoms with E-state index in [4.69, 9.17) is 11.5 Å². The maximum atomic E-state index is 13.0. The Morgan fingerprint density at radius 1 is 1.41 bits per heavy atom. The summed E-state index contributed by atoms with van der Waals surface area (Å²) in [6.45, 7) is 0.0189. The van der Waals surface area contributed by atoms with Gasteiger partial charge in [-0.25, -0.2) is 4.57 Å². The molecule has 2 aromatic heterocycles. The van der Waals surface area contributed by atoms with Crippen LogP contribution >= 0.6 is 11.8 Å². The van der Waals surface area contributed by atoms with Gasteiger partial charge in [-0.2, -0.15) is 4.98 Å². The van der Waals surface area contributed by atoms with Crippen LogP contribution < -0.4 is 26.5 Å². The molecule has 15 heteroatoms. The predicted octanol–water partition coefficient (Wildman–Crippen LogP) is -2.14. The first-order valence-electron chi connectivity index (χ1n) is 11.0. The Morgan fingerprint density at radius 2 is 2.22 bits per heavy atom. The third kappa shape index (κ3) is 4.26. The van der Waals surface area contributed by atoms with Crippen molar-refractivity contribution >= 4 is 57.7 Å². The van der Waals surface area contributed by atoms with E-state index >= 15 is 0 Å². The number of fused-ring (bicyclic) bond motifs is 2. The highest BCUT2D eigenvalue weighted by atomic mass is 32.2. The molecule has 2 saturated heterocycles. The zero-order chi connectivity index (χ0) is 26.3. The molecule has 4 heterocycles. The lowest BCUT2D eigenvalue weighted by Gasteiger charge is -2.54. The molecule has 5 N–H and O–H groups in total. The van der Waals surface area contributed by atoms with Gasteiger partial charge in [-0.15, -0.1) is 11.8 Å². The number of nitrogens with zero attached hydrogens (tertiary/aromatic N) is 5. The number of oxime groups is 1. The molecule has 2 aliphatic heterocycles. The lowest BCUT2D eigenvalue weighted by atomic mass is 9.86. The van der Waals surface area contributed by atoms with E-state index < -0.39 is 34.6 Å². The van der Waals surface area contributed by atoms with Crippen LogP contribution in [0.5, 0.6) is 0 Å². The Kier molecular flexibility index (Phi) is 6.07. The van der Waals surface area contributed by atoms with Gasteiger partial charge in [0.25, 0.3) is 5.91 Å². The molecule has 2 unspecified atom stereocenters. The number of nitrogens with two attached hydrogens (primary N) is 2. The van der Waals surface area contributed by atoms with Crippen LogP contribution in [0.1, 0.15) is 5.82 Å². The Bertz CT molecular complexity index is 1440. The second-order valence-electron chi connectivity index (χ2n) is 8.73. The average molecular weight is 527 g/mol. The number of carboxylic acid groups (broad SMARTS) is 1. The number of nitrogens with one attached hydrogen (secondary N) is 1. The summed E-state index contributed by atoms with van der Waals surface area (Å²) in [5.74, 6) is -2.51. The van der Waals surface area contributed by atoms with E-state index in [-0.39, 0.29) is 36.4 Å². The first-order valence-corrected chi connectivity index (χ1v) is 12.1. The Hall–Kier alpha value is -4.40. The number of aliphatic carboxylic acids is 1. The summed E-state index contributed by atoms with van der Waals surface area (Å²) in [5, 5.41) is 23.3. The van der Waals surface area contributed by atoms with E-state index in [0.29, 0.717) is 5.69 Å². The largest absolute Gasteiger partial charge is 0.549 e. The summed E-state index contributed by atoms with van der Waals surface area (Å²) in [6, 6.07) is 6.14. The highest BCUT2D eigenvalue weighted by molar-refractivity contribution is 8.00. The number of anilines is 2. The summed E-state index contributed by atoms with van der Waals surface area (Å²) >= 11 is 1.25. The van der Waals surface area contributed by atoms with E-state index in [1.807, 2.05) is 24.4 Å². The molecule has 14 nitrogen and oxygen atoms in total. The molecule has 3 aromatic rings. The van der Waals surface area contributed by atoms with Crippen molar-refractivity contribution in [1.29, 1.82) is 0 Å². The van der Waals surface area contributed by atoms with Crippen molar-refractivity contribution in [1.82, 2.24) is 20.4 Å². The number of aromatic nitrogens is 3. The minimum absolute atomic E-state index is 0.0689. The van der Waals surface area contributed by atoms with E-state index in [9.17, 15) is 19.5 Å². The third-order valence-electron chi connectivity index (χ3n) is 6.31. The number of carbonyl (C=O) groups is 3. The van der Waals surface area contributed by atoms with Crippen LogP contribution in [0, 0.1) is 5.41 Å². The number of amides is 2. The molecule has 0 spiro atoms. The maximum Gasteiger partial charge on any atom is 0.319 e. The van der Waals surface area contributed by atoms with Crippen LogP contribution in [-0.4, -0.2) is 69.4 Å². The number of hydrogen-bond acceptors (Lipinski definition) is 12. The molecule has 2 aliphatic rings. The number of benzene rings is 1. The Morgan fingerprint density at radius 3 is 2.92 bits per heavy atom. The van der Waals surface area contributed by atoms with E-state index in [2.05, 4.69) is 30.0 Å². The normalized spacial score (nSPS) is 23.3. The van der Waals surface area contributed by atoms with Gasteiger partial charge in [0.15, 0.2) is 18.9 Å². The zero-order valence-electron chi connectivity index (χ0n) is 19.5. The van der Waals surface area contributed by atoms with Crippen molar-refractivity contribution < 1.29 is 33.4 Å². The van der Waals surface area contributed by atoms with Gasteiger partial charge in [0, 0.05) is 34.8 Å². The van der Waals surface area contributed by atoms with E-state index in [0.717, 1.165) is 10.8 Å². The van der Waals surface area contributed by atoms with Gasteiger partial charge in [0.1, 0.15) is 18.5 Å². The average Bonchev–Trinajstić information content (AvgIpc) is 3.31. The van der Waals surface area contributed by atoms with Gasteiger partial charge in [-0.3, -0.25) is 9.59 Å². The van der Waals surface area contributed by atoms with Gasteiger partial charge in [-0.05, 0) is 12.1 Å². The van der Waals surface area contributed by atoms with Crippen molar-refractivity contribution in [3.63, 3.8) is 0 Å². The summed E-state index contributed by atoms with van der Waals surface area (Å²) in [4.78, 5) is 47.9. The second-order valence-corrected chi connectivity index (χ2v) is 9.84. The summed E-state index contributed by atoms with van der Waals surface area (Å²) in [7, 11) is 1.23. The molecular formula is C22H22N8O6S. The Labute approximate surface area is 213 Å². The van der Waals surface area contributed by atoms with Crippen LogP contribution in [0.4, 0.5) is 11.7 Å². The molecule has 0 aliphatic carbocycles. The number of hydrogen-bond donors (Lipinski definition) is 3. The lowest BCUT2D eigenvalue weighted by molar-refractivity contribution is -0.706. The van der Waals surface area contributed by atoms with E-state index in [1.54, 1.807) is 16.8 Å². The molecule has 1 aromatic carbocycles. The van der Waals surface area contributed by atoms with Crippen LogP contribution in [-0.2, 0) is 25.8 Å². The van der Waals surface area contributed by atoms with Gasteiger partial charge in [0.05, 0.1) is 11.4 Å². The second kappa shape index (κ2) is 9.24. The van der Waals surface area contributed by atoms with Crippen molar-refractivity contribution in [2.24, 2.45) is 10.6 Å². The number of β-lactam (4-membered cyclic amide) rings is 1. The number of carbonyl (C=O) groups excluding carboxylic acids is 3. The maximum absolute atomic E-state index is 13.0. The van der Waals surface area contributed by atoms with Crippen LogP contribution in [0.3, 0.4) is 0 Å². The van der Waals surface area contributed by atoms with E-state index in [1.165, 1.54) is 23.8 Å². The number of rotatable bonds is 7. The third-order valence-corrected chi connectivity index (χ3v) is 7.90. The predicted molar refractivity (Wildman–Crippen MR) is 128 cm³/mol. The highest BCUT2D eigenvalue weighted by Crippen LogP contribution is 2.42. The minimum atomic E-state index is -1.34. The smallest absolute Gasteiger partial charge is 0.319 e. The van der Waals surface area contributed by atoms with Crippen molar-refractivity contribution in [3.8, 4) is 0 Å². The molecule has 0 radical (unpaired) electrons. The quantitative estimate of drug-likeness (QED) is 0.0995. The fraction of sp³-hybridized carbons (Fsp3) is 0.318. The van der Waals surface area contributed by atoms with Crippen molar-refractivity contribution in [2.45, 2.75) is 18.0 Å². The lowest BCUT2D eigenvalue weighted by Crippen LogP contribution is -2.75. The molecule has 2 amide bonds. The van der Waals surface area contributed by atoms with Gasteiger partial charge >= 0.3 is 6.01 Å². The fourth-order valence-electron chi connectivity index (χ4n) is 4.47. The van der Waals surface area contributed by atoms with Crippen LogP contribution in [0.15, 0.2) is 46.3 Å². The van der Waals surface area contributed by atoms with Crippen LogP contribution in [0.2, 0.25) is 0 Å². The number of carboxylic acids is 1. The fourth-order valence-corrected chi connectivity index (χ4v) is 6.00. The van der Waals surface area contributed by atoms with Gasteiger partial charge in [0.2, 0.25) is 17.4 Å². The monoisotopic (exact) mass is 526 g/mol. The van der Waals surface area contributed by atoms with Crippen molar-refractivity contribution in [3.05, 3.63) is 42.5 Å². The topological polar surface area (TPSA) is 206 Å². The number of nitrogen functional groups attached to an aromatic ring is 2.